The third kappa shape index (κ3) is 5.88. The van der Waals surface area contributed by atoms with Crippen molar-refractivity contribution < 1.29 is 4.79 Å². The standard InChI is InChI=1S/C14H19Cl3N2O/c1-9-5-7-10(8-6-9)11(20)18-12(14(15,16)17)19-13(2,3)4/h5-8,12,19H,1-4H3,(H,18,20)/t12-/m0/s1. The molecule has 1 atom stereocenters. The largest absolute Gasteiger partial charge is 0.333 e. The lowest BCUT2D eigenvalue weighted by Crippen LogP contribution is -2.58. The second-order valence-corrected chi connectivity index (χ2v) is 8.08. The Morgan fingerprint density at radius 3 is 2.00 bits per heavy atom. The first-order valence-electron chi connectivity index (χ1n) is 6.21. The molecule has 1 rings (SSSR count). The molecule has 1 amide bonds. The van der Waals surface area contributed by atoms with Crippen LogP contribution in [0.3, 0.4) is 0 Å². The number of halogens is 3. The first-order valence-corrected chi connectivity index (χ1v) is 7.34. The summed E-state index contributed by atoms with van der Waals surface area (Å²) in [6.07, 6.45) is -0.790. The van der Waals surface area contributed by atoms with E-state index in [1.54, 1.807) is 12.1 Å². The van der Waals surface area contributed by atoms with E-state index in [1.807, 2.05) is 39.8 Å². The average molecular weight is 338 g/mol. The van der Waals surface area contributed by atoms with Crippen molar-refractivity contribution >= 4 is 40.7 Å². The molecule has 3 nitrogen and oxygen atoms in total. The van der Waals surface area contributed by atoms with E-state index >= 15 is 0 Å². The van der Waals surface area contributed by atoms with Gasteiger partial charge in [-0.3, -0.25) is 10.1 Å². The normalized spacial score (nSPS) is 13.9. The van der Waals surface area contributed by atoms with E-state index in [0.717, 1.165) is 5.56 Å². The van der Waals surface area contributed by atoms with Crippen LogP contribution in [0.2, 0.25) is 0 Å². The number of alkyl halides is 3. The Morgan fingerprint density at radius 2 is 1.60 bits per heavy atom. The predicted octanol–water partition coefficient (Wildman–Crippen LogP) is 3.81. The van der Waals surface area contributed by atoms with Crippen LogP contribution in [0.15, 0.2) is 24.3 Å². The summed E-state index contributed by atoms with van der Waals surface area (Å²) in [4.78, 5) is 12.2. The second-order valence-electron chi connectivity index (χ2n) is 5.71. The van der Waals surface area contributed by atoms with Crippen molar-refractivity contribution in [3.05, 3.63) is 35.4 Å². The van der Waals surface area contributed by atoms with Crippen molar-refractivity contribution in [1.82, 2.24) is 10.6 Å². The highest BCUT2D eigenvalue weighted by molar-refractivity contribution is 6.68. The molecular formula is C14H19Cl3N2O. The molecule has 0 unspecified atom stereocenters. The van der Waals surface area contributed by atoms with Gasteiger partial charge in [0.2, 0.25) is 3.79 Å². The Balaban J connectivity index is 2.84. The van der Waals surface area contributed by atoms with Crippen LogP contribution in [-0.4, -0.2) is 21.4 Å². The van der Waals surface area contributed by atoms with Crippen LogP contribution in [0, 0.1) is 6.92 Å². The molecule has 0 aliphatic heterocycles. The summed E-state index contributed by atoms with van der Waals surface area (Å²) in [5, 5.41) is 5.78. The van der Waals surface area contributed by atoms with Crippen LogP contribution < -0.4 is 10.6 Å². The number of rotatable bonds is 3. The van der Waals surface area contributed by atoms with Crippen LogP contribution in [0.5, 0.6) is 0 Å². The highest BCUT2D eigenvalue weighted by Gasteiger charge is 2.36. The molecule has 0 radical (unpaired) electrons. The minimum Gasteiger partial charge on any atom is -0.333 e. The molecule has 0 aromatic heterocycles. The molecule has 0 fully saturated rings. The maximum Gasteiger partial charge on any atom is 0.252 e. The number of carbonyl (C=O) groups is 1. The molecule has 0 spiro atoms. The lowest BCUT2D eigenvalue weighted by Gasteiger charge is -2.33. The molecule has 0 saturated carbocycles. The van der Waals surface area contributed by atoms with Crippen molar-refractivity contribution in [2.45, 2.75) is 43.2 Å². The predicted molar refractivity (Wildman–Crippen MR) is 85.6 cm³/mol. The Morgan fingerprint density at radius 1 is 1.10 bits per heavy atom. The summed E-state index contributed by atoms with van der Waals surface area (Å²) in [6.45, 7) is 7.73. The number of benzene rings is 1. The highest BCUT2D eigenvalue weighted by atomic mass is 35.6. The molecule has 6 heteroatoms. The molecule has 0 aliphatic carbocycles. The Kier molecular flexibility index (Phi) is 5.73. The van der Waals surface area contributed by atoms with Crippen LogP contribution in [0.4, 0.5) is 0 Å². The Hall–Kier alpha value is -0.480. The molecule has 112 valence electrons. The van der Waals surface area contributed by atoms with Crippen molar-refractivity contribution in [1.29, 1.82) is 0 Å². The van der Waals surface area contributed by atoms with Gasteiger partial charge in [0, 0.05) is 11.1 Å². The minimum absolute atomic E-state index is 0.293. The number of hydrogen-bond acceptors (Lipinski definition) is 2. The first kappa shape index (κ1) is 17.6. The zero-order valence-corrected chi connectivity index (χ0v) is 14.2. The van der Waals surface area contributed by atoms with Gasteiger partial charge in [-0.1, -0.05) is 52.5 Å². The van der Waals surface area contributed by atoms with Crippen molar-refractivity contribution in [2.24, 2.45) is 0 Å². The van der Waals surface area contributed by atoms with E-state index in [-0.39, 0.29) is 11.4 Å². The smallest absolute Gasteiger partial charge is 0.252 e. The van der Waals surface area contributed by atoms with Gasteiger partial charge in [0.05, 0.1) is 0 Å². The zero-order valence-electron chi connectivity index (χ0n) is 11.9. The first-order chi connectivity index (χ1) is 8.99. The van der Waals surface area contributed by atoms with E-state index in [1.165, 1.54) is 0 Å². The fourth-order valence-corrected chi connectivity index (χ4v) is 1.88. The van der Waals surface area contributed by atoms with Gasteiger partial charge in [-0.15, -0.1) is 0 Å². The van der Waals surface area contributed by atoms with Crippen molar-refractivity contribution in [3.8, 4) is 0 Å². The fourth-order valence-electron chi connectivity index (χ4n) is 1.55. The lowest BCUT2D eigenvalue weighted by atomic mass is 10.1. The van der Waals surface area contributed by atoms with E-state index < -0.39 is 9.96 Å². The quantitative estimate of drug-likeness (QED) is 0.650. The molecule has 2 N–H and O–H groups in total. The zero-order chi connectivity index (χ0) is 15.6. The van der Waals surface area contributed by atoms with E-state index in [0.29, 0.717) is 5.56 Å². The molecule has 20 heavy (non-hydrogen) atoms. The Labute approximate surface area is 135 Å². The summed E-state index contributed by atoms with van der Waals surface area (Å²) in [6, 6.07) is 7.18. The summed E-state index contributed by atoms with van der Waals surface area (Å²) in [5.41, 5.74) is 1.28. The third-order valence-corrected chi connectivity index (χ3v) is 3.15. The Bertz CT molecular complexity index is 461. The highest BCUT2D eigenvalue weighted by Crippen LogP contribution is 2.30. The van der Waals surface area contributed by atoms with Gasteiger partial charge in [-0.05, 0) is 39.8 Å². The number of carbonyl (C=O) groups excluding carboxylic acids is 1. The molecule has 0 bridgehead atoms. The molecular weight excluding hydrogens is 319 g/mol. The van der Waals surface area contributed by atoms with Crippen molar-refractivity contribution in [2.75, 3.05) is 0 Å². The maximum absolute atomic E-state index is 12.2. The topological polar surface area (TPSA) is 41.1 Å². The maximum atomic E-state index is 12.2. The van der Waals surface area contributed by atoms with Gasteiger partial charge in [0.1, 0.15) is 6.17 Å². The number of amides is 1. The second kappa shape index (κ2) is 6.52. The molecule has 0 aliphatic rings. The van der Waals surface area contributed by atoms with Gasteiger partial charge in [-0.2, -0.15) is 0 Å². The summed E-state index contributed by atoms with van der Waals surface area (Å²) in [5.74, 6) is -0.293. The summed E-state index contributed by atoms with van der Waals surface area (Å²) in [7, 11) is 0. The van der Waals surface area contributed by atoms with Crippen LogP contribution in [-0.2, 0) is 0 Å². The molecule has 1 aromatic carbocycles. The van der Waals surface area contributed by atoms with Gasteiger partial charge < -0.3 is 5.32 Å². The molecule has 0 heterocycles. The third-order valence-electron chi connectivity index (χ3n) is 2.49. The SMILES string of the molecule is Cc1ccc(C(=O)N[C@@H](NC(C)(C)C)C(Cl)(Cl)Cl)cc1. The van der Waals surface area contributed by atoms with Gasteiger partial charge in [-0.25, -0.2) is 0 Å². The number of nitrogens with one attached hydrogen (secondary N) is 2. The summed E-state index contributed by atoms with van der Waals surface area (Å²) >= 11 is 17.7. The van der Waals surface area contributed by atoms with E-state index in [4.69, 9.17) is 34.8 Å². The monoisotopic (exact) mass is 336 g/mol. The average Bonchev–Trinajstić information content (AvgIpc) is 2.25. The number of hydrogen-bond donors (Lipinski definition) is 2. The van der Waals surface area contributed by atoms with Gasteiger partial charge in [0.25, 0.3) is 5.91 Å². The van der Waals surface area contributed by atoms with Gasteiger partial charge >= 0.3 is 0 Å². The molecule has 0 saturated heterocycles. The minimum atomic E-state index is -1.65. The number of aryl methyl sites for hydroxylation is 1. The van der Waals surface area contributed by atoms with Crippen LogP contribution in [0.1, 0.15) is 36.7 Å². The lowest BCUT2D eigenvalue weighted by molar-refractivity contribution is 0.0922. The van der Waals surface area contributed by atoms with E-state index in [9.17, 15) is 4.79 Å². The summed E-state index contributed by atoms with van der Waals surface area (Å²) < 4.78 is -1.65. The van der Waals surface area contributed by atoms with E-state index in [2.05, 4.69) is 10.6 Å². The molecule has 1 aromatic rings. The van der Waals surface area contributed by atoms with Crippen LogP contribution >= 0.6 is 34.8 Å². The van der Waals surface area contributed by atoms with Gasteiger partial charge in [0.15, 0.2) is 0 Å². The van der Waals surface area contributed by atoms with Crippen molar-refractivity contribution in [3.63, 3.8) is 0 Å². The fraction of sp³-hybridized carbons (Fsp3) is 0.500. The van der Waals surface area contributed by atoms with Crippen LogP contribution in [0.25, 0.3) is 0 Å².